The topological polar surface area (TPSA) is 106 Å². The summed E-state index contributed by atoms with van der Waals surface area (Å²) in [5, 5.41) is 20.6. The number of carbonyl (C=O) groups is 1. The fraction of sp³-hybridized carbons (Fsp3) is 0.353. The number of anilines is 2. The number of carbonyl (C=O) groups excluding carboxylic acids is 1. The molecular formula is C17H19N5O. The molecule has 1 aromatic rings. The molecule has 6 nitrogen and oxygen atoms in total. The van der Waals surface area contributed by atoms with E-state index < -0.39 is 5.91 Å². The molecule has 0 bridgehead atoms. The van der Waals surface area contributed by atoms with Crippen LogP contribution in [0, 0.1) is 28.6 Å². The Hall–Kier alpha value is -2.99. The van der Waals surface area contributed by atoms with Gasteiger partial charge < -0.3 is 16.0 Å². The predicted octanol–water partition coefficient (Wildman–Crippen LogP) is 2.36. The zero-order chi connectivity index (χ0) is 16.8. The number of amides is 1. The average molecular weight is 309 g/mol. The molecule has 0 saturated carbocycles. The first-order valence-electron chi connectivity index (χ1n) is 7.51. The minimum absolute atomic E-state index is 0.0348. The van der Waals surface area contributed by atoms with Crippen LogP contribution in [0.3, 0.4) is 0 Å². The predicted molar refractivity (Wildman–Crippen MR) is 88.5 cm³/mol. The number of primary amides is 1. The zero-order valence-electron chi connectivity index (χ0n) is 13.0. The maximum atomic E-state index is 11.4. The molecule has 0 radical (unpaired) electrons. The third kappa shape index (κ3) is 4.02. The Morgan fingerprint density at radius 1 is 1.43 bits per heavy atom. The van der Waals surface area contributed by atoms with Gasteiger partial charge in [0.15, 0.2) is 0 Å². The molecule has 1 heterocycles. The number of hydrogen-bond acceptors (Lipinski definition) is 5. The van der Waals surface area contributed by atoms with Crippen molar-refractivity contribution in [3.05, 3.63) is 35.5 Å². The minimum Gasteiger partial charge on any atom is -0.370 e. The van der Waals surface area contributed by atoms with E-state index in [1.54, 1.807) is 24.3 Å². The number of nitriles is 2. The molecule has 2 rings (SSSR count). The number of nitrogens with zero attached hydrogens (tertiary/aromatic N) is 3. The summed E-state index contributed by atoms with van der Waals surface area (Å²) in [6, 6.07) is 8.80. The van der Waals surface area contributed by atoms with Crippen molar-refractivity contribution < 1.29 is 4.79 Å². The molecule has 1 atom stereocenters. The van der Waals surface area contributed by atoms with Gasteiger partial charge in [-0.3, -0.25) is 4.79 Å². The average Bonchev–Trinajstić information content (AvgIpc) is 2.55. The fourth-order valence-corrected chi connectivity index (χ4v) is 2.73. The van der Waals surface area contributed by atoms with Crippen LogP contribution in [0.5, 0.6) is 0 Å². The van der Waals surface area contributed by atoms with Crippen LogP contribution in [0.25, 0.3) is 0 Å². The Morgan fingerprint density at radius 3 is 2.78 bits per heavy atom. The molecular weight excluding hydrogens is 290 g/mol. The summed E-state index contributed by atoms with van der Waals surface area (Å²) < 4.78 is 0. The fourth-order valence-electron chi connectivity index (χ4n) is 2.73. The molecule has 1 saturated heterocycles. The Balaban J connectivity index is 2.37. The first-order valence-corrected chi connectivity index (χ1v) is 7.51. The maximum Gasteiger partial charge on any atom is 0.248 e. The van der Waals surface area contributed by atoms with Crippen molar-refractivity contribution in [2.45, 2.75) is 19.8 Å². The lowest BCUT2D eigenvalue weighted by atomic mass is 9.99. The van der Waals surface area contributed by atoms with Crippen molar-refractivity contribution in [3.63, 3.8) is 0 Å². The van der Waals surface area contributed by atoms with Gasteiger partial charge in [-0.05, 0) is 37.0 Å². The maximum absolute atomic E-state index is 11.4. The Labute approximate surface area is 135 Å². The molecule has 1 unspecified atom stereocenters. The number of piperidine rings is 1. The summed E-state index contributed by atoms with van der Waals surface area (Å²) in [7, 11) is 0. The normalized spacial score (nSPS) is 16.8. The molecule has 0 aromatic heterocycles. The van der Waals surface area contributed by atoms with Crippen LogP contribution in [-0.4, -0.2) is 19.0 Å². The largest absolute Gasteiger partial charge is 0.370 e. The molecule has 118 valence electrons. The van der Waals surface area contributed by atoms with Crippen molar-refractivity contribution >= 4 is 17.3 Å². The number of nitrogens with two attached hydrogens (primary N) is 1. The second-order valence-corrected chi connectivity index (χ2v) is 5.72. The summed E-state index contributed by atoms with van der Waals surface area (Å²) in [6.07, 6.45) is 3.65. The minimum atomic E-state index is -0.517. The van der Waals surface area contributed by atoms with Crippen LogP contribution in [0.15, 0.2) is 30.0 Å². The van der Waals surface area contributed by atoms with E-state index in [1.165, 1.54) is 12.6 Å². The molecule has 1 aromatic carbocycles. The second-order valence-electron chi connectivity index (χ2n) is 5.72. The van der Waals surface area contributed by atoms with Crippen LogP contribution in [-0.2, 0) is 0 Å². The summed E-state index contributed by atoms with van der Waals surface area (Å²) in [5.41, 5.74) is 7.29. The van der Waals surface area contributed by atoms with Gasteiger partial charge in [-0.2, -0.15) is 10.5 Å². The number of hydrogen-bond donors (Lipinski definition) is 2. The number of allylic oxidation sites excluding steroid dienone is 1. The summed E-state index contributed by atoms with van der Waals surface area (Å²) in [6.45, 7) is 4.07. The highest BCUT2D eigenvalue weighted by Crippen LogP contribution is 2.31. The Bertz CT molecular complexity index is 695. The molecule has 0 aliphatic carbocycles. The van der Waals surface area contributed by atoms with Crippen molar-refractivity contribution in [1.29, 1.82) is 10.5 Å². The van der Waals surface area contributed by atoms with E-state index in [0.717, 1.165) is 25.2 Å². The van der Waals surface area contributed by atoms with Gasteiger partial charge in [0.25, 0.3) is 0 Å². The molecule has 0 spiro atoms. The lowest BCUT2D eigenvalue weighted by Crippen LogP contribution is -2.34. The Morgan fingerprint density at radius 2 is 2.17 bits per heavy atom. The highest BCUT2D eigenvalue weighted by atomic mass is 16.1. The van der Waals surface area contributed by atoms with E-state index in [4.69, 9.17) is 16.3 Å². The van der Waals surface area contributed by atoms with Gasteiger partial charge in [-0.15, -0.1) is 0 Å². The van der Waals surface area contributed by atoms with Gasteiger partial charge in [-0.25, -0.2) is 0 Å². The van der Waals surface area contributed by atoms with E-state index >= 15 is 0 Å². The lowest BCUT2D eigenvalue weighted by molar-refractivity contribution is 0.100. The Kier molecular flexibility index (Phi) is 5.22. The van der Waals surface area contributed by atoms with Crippen LogP contribution < -0.4 is 16.0 Å². The standard InChI is InChI=1S/C17H19N5O/c1-12-3-2-6-22(11-12)16-5-4-14(17(20)23)7-15(16)21-10-13(8-18)9-19/h4-5,7,10,12,21H,2-3,6,11H2,1H3,(H2,20,23). The van der Waals surface area contributed by atoms with E-state index in [-0.39, 0.29) is 5.57 Å². The first-order chi connectivity index (χ1) is 11.0. The van der Waals surface area contributed by atoms with E-state index in [0.29, 0.717) is 17.2 Å². The molecule has 6 heteroatoms. The lowest BCUT2D eigenvalue weighted by Gasteiger charge is -2.34. The van der Waals surface area contributed by atoms with Gasteiger partial charge in [-0.1, -0.05) is 6.92 Å². The monoisotopic (exact) mass is 309 g/mol. The van der Waals surface area contributed by atoms with Crippen LogP contribution >= 0.6 is 0 Å². The summed E-state index contributed by atoms with van der Waals surface area (Å²) in [4.78, 5) is 13.6. The molecule has 1 amide bonds. The van der Waals surface area contributed by atoms with Crippen molar-refractivity contribution in [2.75, 3.05) is 23.3 Å². The van der Waals surface area contributed by atoms with Crippen molar-refractivity contribution in [3.8, 4) is 12.1 Å². The van der Waals surface area contributed by atoms with E-state index in [2.05, 4.69) is 17.1 Å². The van der Waals surface area contributed by atoms with Gasteiger partial charge in [0.05, 0.1) is 11.4 Å². The summed E-state index contributed by atoms with van der Waals surface area (Å²) in [5.74, 6) is 0.0770. The van der Waals surface area contributed by atoms with Crippen molar-refractivity contribution in [1.82, 2.24) is 0 Å². The van der Waals surface area contributed by atoms with E-state index in [9.17, 15) is 4.79 Å². The molecule has 3 N–H and O–H groups in total. The third-order valence-electron chi connectivity index (χ3n) is 3.89. The van der Waals surface area contributed by atoms with E-state index in [1.807, 2.05) is 6.07 Å². The third-order valence-corrected chi connectivity index (χ3v) is 3.89. The number of rotatable bonds is 4. The van der Waals surface area contributed by atoms with Crippen LogP contribution in [0.4, 0.5) is 11.4 Å². The molecule has 1 fully saturated rings. The van der Waals surface area contributed by atoms with Crippen LogP contribution in [0.1, 0.15) is 30.1 Å². The smallest absolute Gasteiger partial charge is 0.248 e. The quantitative estimate of drug-likeness (QED) is 0.830. The molecule has 23 heavy (non-hydrogen) atoms. The summed E-state index contributed by atoms with van der Waals surface area (Å²) >= 11 is 0. The highest BCUT2D eigenvalue weighted by molar-refractivity contribution is 5.95. The van der Waals surface area contributed by atoms with Crippen LogP contribution in [0.2, 0.25) is 0 Å². The van der Waals surface area contributed by atoms with Crippen molar-refractivity contribution in [2.24, 2.45) is 11.7 Å². The highest BCUT2D eigenvalue weighted by Gasteiger charge is 2.19. The molecule has 1 aliphatic rings. The van der Waals surface area contributed by atoms with Gasteiger partial charge >= 0.3 is 0 Å². The van der Waals surface area contributed by atoms with Gasteiger partial charge in [0.2, 0.25) is 5.91 Å². The zero-order valence-corrected chi connectivity index (χ0v) is 13.0. The molecule has 1 aliphatic heterocycles. The van der Waals surface area contributed by atoms with Gasteiger partial charge in [0.1, 0.15) is 17.7 Å². The second kappa shape index (κ2) is 7.33. The van der Waals surface area contributed by atoms with Gasteiger partial charge in [0, 0.05) is 24.9 Å². The number of benzene rings is 1. The number of nitrogens with one attached hydrogen (secondary N) is 1. The SMILES string of the molecule is CC1CCCN(c2ccc(C(N)=O)cc2NC=C(C#N)C#N)C1. The first kappa shape index (κ1) is 16.4.